The van der Waals surface area contributed by atoms with Crippen LogP contribution in [-0.2, 0) is 0 Å². The van der Waals surface area contributed by atoms with Crippen molar-refractivity contribution in [3.05, 3.63) is 46.2 Å². The predicted molar refractivity (Wildman–Crippen MR) is 63.5 cm³/mol. The van der Waals surface area contributed by atoms with Gasteiger partial charge in [0, 0.05) is 6.20 Å². The van der Waals surface area contributed by atoms with Crippen LogP contribution in [-0.4, -0.2) is 15.0 Å². The van der Waals surface area contributed by atoms with Gasteiger partial charge in [0.2, 0.25) is 0 Å². The molecule has 4 nitrogen and oxygen atoms in total. The molecule has 0 bridgehead atoms. The van der Waals surface area contributed by atoms with Gasteiger partial charge in [-0.1, -0.05) is 6.07 Å². The first kappa shape index (κ1) is 9.23. The smallest absolute Gasteiger partial charge is 0.260 e. The van der Waals surface area contributed by atoms with Gasteiger partial charge in [-0.15, -0.1) is 11.3 Å². The molecule has 0 aromatic carbocycles. The molecule has 0 saturated carbocycles. The molecule has 0 amide bonds. The molecule has 0 unspecified atom stereocenters. The van der Waals surface area contributed by atoms with Gasteiger partial charge in [-0.3, -0.25) is 4.79 Å². The summed E-state index contributed by atoms with van der Waals surface area (Å²) in [6.07, 6.45) is 1.63. The summed E-state index contributed by atoms with van der Waals surface area (Å²) in [5.41, 5.74) is 0.330. The number of thiophene rings is 1. The lowest BCUT2D eigenvalue weighted by Gasteiger charge is -1.98. The summed E-state index contributed by atoms with van der Waals surface area (Å²) in [5, 5.41) is 2.46. The molecule has 0 aliphatic heterocycles. The van der Waals surface area contributed by atoms with Gasteiger partial charge in [-0.25, -0.2) is 9.97 Å². The average Bonchev–Trinajstić information content (AvgIpc) is 2.82. The number of hydrogen-bond donors (Lipinski definition) is 1. The highest BCUT2D eigenvalue weighted by Gasteiger charge is 2.06. The van der Waals surface area contributed by atoms with Crippen molar-refractivity contribution in [1.82, 2.24) is 15.0 Å². The van der Waals surface area contributed by atoms with E-state index in [0.717, 1.165) is 4.88 Å². The predicted octanol–water partition coefficient (Wildman–Crippen LogP) is 2.05. The van der Waals surface area contributed by atoms with E-state index in [9.17, 15) is 4.79 Å². The van der Waals surface area contributed by atoms with Crippen LogP contribution in [0, 0.1) is 0 Å². The van der Waals surface area contributed by atoms with Gasteiger partial charge in [0.15, 0.2) is 11.5 Å². The van der Waals surface area contributed by atoms with Crippen molar-refractivity contribution in [2.75, 3.05) is 0 Å². The third kappa shape index (κ3) is 1.42. The van der Waals surface area contributed by atoms with Crippen LogP contribution in [0.5, 0.6) is 0 Å². The molecule has 78 valence electrons. The van der Waals surface area contributed by atoms with Crippen LogP contribution in [0.1, 0.15) is 0 Å². The minimum absolute atomic E-state index is 0.151. The largest absolute Gasteiger partial charge is 0.305 e. The van der Waals surface area contributed by atoms with Crippen LogP contribution in [0.25, 0.3) is 21.7 Å². The van der Waals surface area contributed by atoms with E-state index in [1.54, 1.807) is 18.3 Å². The monoisotopic (exact) mass is 229 g/mol. The van der Waals surface area contributed by atoms with Crippen molar-refractivity contribution >= 4 is 22.4 Å². The lowest BCUT2D eigenvalue weighted by molar-refractivity contribution is 1.16. The van der Waals surface area contributed by atoms with Crippen molar-refractivity contribution < 1.29 is 0 Å². The molecule has 0 fully saturated rings. The number of H-pyrrole nitrogens is 1. The van der Waals surface area contributed by atoms with Crippen LogP contribution in [0.4, 0.5) is 0 Å². The number of aromatic amines is 1. The first-order chi connectivity index (χ1) is 7.84. The summed E-state index contributed by atoms with van der Waals surface area (Å²) in [7, 11) is 0. The van der Waals surface area contributed by atoms with Crippen molar-refractivity contribution in [1.29, 1.82) is 0 Å². The molecule has 0 aliphatic rings. The minimum atomic E-state index is -0.151. The summed E-state index contributed by atoms with van der Waals surface area (Å²) in [6.45, 7) is 0. The number of pyridine rings is 1. The maximum absolute atomic E-state index is 11.8. The molecule has 0 spiro atoms. The minimum Gasteiger partial charge on any atom is -0.305 e. The number of rotatable bonds is 1. The lowest BCUT2D eigenvalue weighted by Crippen LogP contribution is -2.09. The van der Waals surface area contributed by atoms with Crippen molar-refractivity contribution in [3.8, 4) is 10.7 Å². The Bertz CT molecular complexity index is 688. The van der Waals surface area contributed by atoms with Gasteiger partial charge in [0.05, 0.1) is 10.3 Å². The molecular weight excluding hydrogens is 222 g/mol. The van der Waals surface area contributed by atoms with Crippen molar-refractivity contribution in [3.63, 3.8) is 0 Å². The normalized spacial score (nSPS) is 10.8. The highest BCUT2D eigenvalue weighted by molar-refractivity contribution is 7.13. The Morgan fingerprint density at radius 1 is 1.25 bits per heavy atom. The summed E-state index contributed by atoms with van der Waals surface area (Å²) in [5.74, 6) is 0.575. The van der Waals surface area contributed by atoms with Gasteiger partial charge in [0.25, 0.3) is 5.56 Å². The van der Waals surface area contributed by atoms with Crippen LogP contribution in [0.2, 0.25) is 0 Å². The second-order valence-corrected chi connectivity index (χ2v) is 4.21. The first-order valence-corrected chi connectivity index (χ1v) is 5.61. The highest BCUT2D eigenvalue weighted by Crippen LogP contribution is 2.20. The van der Waals surface area contributed by atoms with E-state index in [-0.39, 0.29) is 5.56 Å². The van der Waals surface area contributed by atoms with E-state index in [1.807, 2.05) is 17.5 Å². The molecule has 3 aromatic rings. The maximum Gasteiger partial charge on any atom is 0.260 e. The quantitative estimate of drug-likeness (QED) is 0.694. The zero-order valence-electron chi connectivity index (χ0n) is 8.18. The molecule has 0 radical (unpaired) electrons. The van der Waals surface area contributed by atoms with Crippen LogP contribution in [0.15, 0.2) is 40.6 Å². The summed E-state index contributed by atoms with van der Waals surface area (Å²) in [4.78, 5) is 23.9. The van der Waals surface area contributed by atoms with E-state index in [4.69, 9.17) is 0 Å². The molecule has 5 heteroatoms. The van der Waals surface area contributed by atoms with Gasteiger partial charge in [-0.05, 0) is 23.6 Å². The Labute approximate surface area is 94.6 Å². The second kappa shape index (κ2) is 3.53. The zero-order chi connectivity index (χ0) is 11.0. The van der Waals surface area contributed by atoms with E-state index in [1.165, 1.54) is 11.3 Å². The lowest BCUT2D eigenvalue weighted by atomic mass is 10.3. The average molecular weight is 229 g/mol. The van der Waals surface area contributed by atoms with Gasteiger partial charge >= 0.3 is 0 Å². The summed E-state index contributed by atoms with van der Waals surface area (Å²) < 4.78 is 0. The Kier molecular flexibility index (Phi) is 2.04. The fraction of sp³-hybridized carbons (Fsp3) is 0. The number of nitrogens with zero attached hydrogens (tertiary/aromatic N) is 2. The Morgan fingerprint density at radius 3 is 3.00 bits per heavy atom. The molecular formula is C11H7N3OS. The molecule has 0 atom stereocenters. The van der Waals surface area contributed by atoms with Crippen molar-refractivity contribution in [2.45, 2.75) is 0 Å². The van der Waals surface area contributed by atoms with Gasteiger partial charge in [0.1, 0.15) is 0 Å². The van der Waals surface area contributed by atoms with Crippen LogP contribution >= 0.6 is 11.3 Å². The number of aromatic nitrogens is 3. The van der Waals surface area contributed by atoms with Crippen LogP contribution < -0.4 is 5.56 Å². The Morgan fingerprint density at radius 2 is 2.19 bits per heavy atom. The zero-order valence-corrected chi connectivity index (χ0v) is 8.99. The molecule has 16 heavy (non-hydrogen) atoms. The Hall–Kier alpha value is -2.01. The standard InChI is InChI=1S/C11H7N3OS/c15-11-7-3-1-5-12-9(7)13-10(14-11)8-4-2-6-16-8/h1-6H,(H,12,13,14,15). The highest BCUT2D eigenvalue weighted by atomic mass is 32.1. The SMILES string of the molecule is O=c1[nH]c(-c2cccs2)nc2ncccc12. The van der Waals surface area contributed by atoms with Crippen molar-refractivity contribution in [2.24, 2.45) is 0 Å². The third-order valence-electron chi connectivity index (χ3n) is 2.24. The van der Waals surface area contributed by atoms with E-state index in [2.05, 4.69) is 15.0 Å². The van der Waals surface area contributed by atoms with Gasteiger partial charge < -0.3 is 4.98 Å². The number of hydrogen-bond acceptors (Lipinski definition) is 4. The molecule has 0 aliphatic carbocycles. The fourth-order valence-corrected chi connectivity index (χ4v) is 2.17. The van der Waals surface area contributed by atoms with E-state index < -0.39 is 0 Å². The van der Waals surface area contributed by atoms with Crippen LogP contribution in [0.3, 0.4) is 0 Å². The molecule has 3 aromatic heterocycles. The summed E-state index contributed by atoms with van der Waals surface area (Å²) >= 11 is 1.53. The first-order valence-electron chi connectivity index (χ1n) is 4.73. The Balaban J connectivity index is 2.34. The molecule has 3 rings (SSSR count). The molecule has 0 saturated heterocycles. The molecule has 1 N–H and O–H groups in total. The summed E-state index contributed by atoms with van der Waals surface area (Å²) in [6, 6.07) is 7.27. The molecule has 3 heterocycles. The van der Waals surface area contributed by atoms with E-state index in [0.29, 0.717) is 16.9 Å². The third-order valence-corrected chi connectivity index (χ3v) is 3.11. The van der Waals surface area contributed by atoms with E-state index >= 15 is 0 Å². The second-order valence-electron chi connectivity index (χ2n) is 3.27. The number of nitrogens with one attached hydrogen (secondary N) is 1. The number of fused-ring (bicyclic) bond motifs is 1. The van der Waals surface area contributed by atoms with Gasteiger partial charge in [-0.2, -0.15) is 0 Å². The fourth-order valence-electron chi connectivity index (χ4n) is 1.50. The topological polar surface area (TPSA) is 58.6 Å². The maximum atomic E-state index is 11.8.